The predicted molar refractivity (Wildman–Crippen MR) is 79.0 cm³/mol. The molecule has 1 aliphatic rings. The van der Waals surface area contributed by atoms with Crippen molar-refractivity contribution in [2.75, 3.05) is 45.5 Å². The zero-order chi connectivity index (χ0) is 15.2. The minimum Gasteiger partial charge on any atom is -0.354 e. The zero-order valence-corrected chi connectivity index (χ0v) is 13.3. The van der Waals surface area contributed by atoms with E-state index in [9.17, 15) is 13.2 Å². The maximum absolute atomic E-state index is 12.2. The Balaban J connectivity index is 2.30. The second kappa shape index (κ2) is 7.35. The molecule has 3 N–H and O–H groups in total. The number of sulfonamides is 1. The molecule has 7 nitrogen and oxygen atoms in total. The van der Waals surface area contributed by atoms with Crippen LogP contribution in [-0.2, 0) is 14.8 Å². The van der Waals surface area contributed by atoms with Crippen LogP contribution in [0.1, 0.15) is 20.3 Å². The molecule has 0 bridgehead atoms. The van der Waals surface area contributed by atoms with Crippen molar-refractivity contribution in [2.24, 2.45) is 0 Å². The van der Waals surface area contributed by atoms with Gasteiger partial charge in [-0.3, -0.25) is 9.69 Å². The van der Waals surface area contributed by atoms with Crippen LogP contribution in [0.4, 0.5) is 0 Å². The fourth-order valence-electron chi connectivity index (χ4n) is 2.13. The highest BCUT2D eigenvalue weighted by Gasteiger charge is 2.34. The quantitative estimate of drug-likeness (QED) is 0.510. The summed E-state index contributed by atoms with van der Waals surface area (Å²) in [5.74, 6) is -0.0150. The lowest BCUT2D eigenvalue weighted by molar-refractivity contribution is -0.132. The number of carbonyl (C=O) groups is 1. The first-order chi connectivity index (χ1) is 9.23. The summed E-state index contributed by atoms with van der Waals surface area (Å²) in [6.07, 6.45) is 1.70. The van der Waals surface area contributed by atoms with Gasteiger partial charge in [0, 0.05) is 39.3 Å². The van der Waals surface area contributed by atoms with E-state index in [4.69, 9.17) is 0 Å². The van der Waals surface area contributed by atoms with Crippen LogP contribution in [0, 0.1) is 0 Å². The van der Waals surface area contributed by atoms with Crippen molar-refractivity contribution in [3.8, 4) is 0 Å². The van der Waals surface area contributed by atoms with Crippen LogP contribution in [0.25, 0.3) is 0 Å². The monoisotopic (exact) mass is 306 g/mol. The van der Waals surface area contributed by atoms with Gasteiger partial charge in [-0.1, -0.05) is 0 Å². The van der Waals surface area contributed by atoms with Crippen LogP contribution in [0.5, 0.6) is 0 Å². The highest BCUT2D eigenvalue weighted by atomic mass is 32.2. The minimum atomic E-state index is -3.15. The molecular formula is C12H26N4O3S. The van der Waals surface area contributed by atoms with Gasteiger partial charge in [0.15, 0.2) is 0 Å². The molecule has 0 unspecified atom stereocenters. The molecule has 0 aliphatic carbocycles. The van der Waals surface area contributed by atoms with E-state index in [2.05, 4.69) is 20.3 Å². The maximum atomic E-state index is 12.2. The van der Waals surface area contributed by atoms with E-state index in [1.807, 2.05) is 13.8 Å². The molecular weight excluding hydrogens is 280 g/mol. The lowest BCUT2D eigenvalue weighted by Gasteiger charge is -2.39. The molecule has 0 aromatic rings. The summed E-state index contributed by atoms with van der Waals surface area (Å²) in [7, 11) is -3.15. The van der Waals surface area contributed by atoms with E-state index in [0.717, 1.165) is 32.4 Å². The molecule has 1 fully saturated rings. The molecule has 0 aromatic heterocycles. The molecule has 0 atom stereocenters. The third kappa shape index (κ3) is 5.74. The first-order valence-corrected chi connectivity index (χ1v) is 8.81. The SMILES string of the molecule is CC(C)(C(=O)NCCCNS(C)(=O)=O)N1CCNCC1. The molecule has 1 amide bonds. The van der Waals surface area contributed by atoms with E-state index in [0.29, 0.717) is 19.5 Å². The average Bonchev–Trinajstić information content (AvgIpc) is 2.37. The highest BCUT2D eigenvalue weighted by molar-refractivity contribution is 7.88. The molecule has 20 heavy (non-hydrogen) atoms. The van der Waals surface area contributed by atoms with Crippen molar-refractivity contribution >= 4 is 15.9 Å². The van der Waals surface area contributed by atoms with Crippen LogP contribution in [0.15, 0.2) is 0 Å². The summed E-state index contributed by atoms with van der Waals surface area (Å²) >= 11 is 0. The van der Waals surface area contributed by atoms with E-state index in [1.54, 1.807) is 0 Å². The van der Waals surface area contributed by atoms with Crippen LogP contribution < -0.4 is 15.4 Å². The fourth-order valence-corrected chi connectivity index (χ4v) is 2.65. The van der Waals surface area contributed by atoms with Gasteiger partial charge < -0.3 is 10.6 Å². The predicted octanol–water partition coefficient (Wildman–Crippen LogP) is -1.27. The molecule has 1 heterocycles. The van der Waals surface area contributed by atoms with Crippen molar-refractivity contribution in [2.45, 2.75) is 25.8 Å². The average molecular weight is 306 g/mol. The van der Waals surface area contributed by atoms with Crippen molar-refractivity contribution in [1.82, 2.24) is 20.3 Å². The smallest absolute Gasteiger partial charge is 0.239 e. The first-order valence-electron chi connectivity index (χ1n) is 6.92. The molecule has 0 radical (unpaired) electrons. The third-order valence-corrected chi connectivity index (χ3v) is 4.20. The number of piperazine rings is 1. The van der Waals surface area contributed by atoms with Crippen molar-refractivity contribution in [1.29, 1.82) is 0 Å². The topological polar surface area (TPSA) is 90.5 Å². The Kier molecular flexibility index (Phi) is 6.38. The summed E-state index contributed by atoms with van der Waals surface area (Å²) in [5.41, 5.74) is -0.535. The number of carbonyl (C=O) groups excluding carboxylic acids is 1. The van der Waals surface area contributed by atoms with Gasteiger partial charge in [0.05, 0.1) is 11.8 Å². The number of nitrogens with one attached hydrogen (secondary N) is 3. The van der Waals surface area contributed by atoms with Gasteiger partial charge >= 0.3 is 0 Å². The molecule has 8 heteroatoms. The second-order valence-corrected chi connectivity index (χ2v) is 7.41. The Morgan fingerprint density at radius 1 is 1.25 bits per heavy atom. The molecule has 0 saturated carbocycles. The summed E-state index contributed by atoms with van der Waals surface area (Å²) in [5, 5.41) is 6.13. The van der Waals surface area contributed by atoms with E-state index < -0.39 is 15.6 Å². The van der Waals surface area contributed by atoms with Gasteiger partial charge in [-0.15, -0.1) is 0 Å². The first kappa shape index (κ1) is 17.4. The third-order valence-electron chi connectivity index (χ3n) is 3.47. The minimum absolute atomic E-state index is 0.0150. The molecule has 118 valence electrons. The number of amides is 1. The summed E-state index contributed by atoms with van der Waals surface area (Å²) in [6, 6.07) is 0. The molecule has 0 spiro atoms. The van der Waals surface area contributed by atoms with Gasteiger partial charge in [-0.25, -0.2) is 13.1 Å². The Hall–Kier alpha value is -0.700. The van der Waals surface area contributed by atoms with Crippen LogP contribution in [-0.4, -0.2) is 70.3 Å². The van der Waals surface area contributed by atoms with Crippen molar-refractivity contribution < 1.29 is 13.2 Å². The number of nitrogens with zero attached hydrogens (tertiary/aromatic N) is 1. The fraction of sp³-hybridized carbons (Fsp3) is 0.917. The van der Waals surface area contributed by atoms with E-state index >= 15 is 0 Å². The van der Waals surface area contributed by atoms with Gasteiger partial charge in [0.2, 0.25) is 15.9 Å². The normalized spacial score (nSPS) is 17.9. The molecule has 1 saturated heterocycles. The zero-order valence-electron chi connectivity index (χ0n) is 12.5. The molecule has 0 aromatic carbocycles. The summed E-state index contributed by atoms with van der Waals surface area (Å²) in [6.45, 7) is 8.16. The summed E-state index contributed by atoms with van der Waals surface area (Å²) < 4.78 is 24.2. The Labute approximate surface area is 121 Å². The Morgan fingerprint density at radius 2 is 1.85 bits per heavy atom. The lowest BCUT2D eigenvalue weighted by Crippen LogP contribution is -2.60. The Morgan fingerprint density at radius 3 is 2.40 bits per heavy atom. The van der Waals surface area contributed by atoms with Gasteiger partial charge in [0.1, 0.15) is 0 Å². The lowest BCUT2D eigenvalue weighted by atomic mass is 10.0. The van der Waals surface area contributed by atoms with Crippen LogP contribution >= 0.6 is 0 Å². The van der Waals surface area contributed by atoms with Gasteiger partial charge in [-0.2, -0.15) is 0 Å². The van der Waals surface area contributed by atoms with Gasteiger partial charge in [-0.05, 0) is 20.3 Å². The molecule has 1 aliphatic heterocycles. The van der Waals surface area contributed by atoms with Crippen LogP contribution in [0.2, 0.25) is 0 Å². The van der Waals surface area contributed by atoms with Crippen molar-refractivity contribution in [3.05, 3.63) is 0 Å². The summed E-state index contributed by atoms with van der Waals surface area (Å²) in [4.78, 5) is 14.4. The van der Waals surface area contributed by atoms with E-state index in [-0.39, 0.29) is 5.91 Å². The standard InChI is InChI=1S/C12H26N4O3S/c1-12(2,16-9-7-13-8-10-16)11(17)14-5-4-6-15-20(3,18)19/h13,15H,4-10H2,1-3H3,(H,14,17). The number of hydrogen-bond acceptors (Lipinski definition) is 5. The van der Waals surface area contributed by atoms with Gasteiger partial charge in [0.25, 0.3) is 0 Å². The highest BCUT2D eigenvalue weighted by Crippen LogP contribution is 2.15. The largest absolute Gasteiger partial charge is 0.354 e. The van der Waals surface area contributed by atoms with Crippen molar-refractivity contribution in [3.63, 3.8) is 0 Å². The maximum Gasteiger partial charge on any atom is 0.239 e. The van der Waals surface area contributed by atoms with E-state index in [1.165, 1.54) is 0 Å². The Bertz CT molecular complexity index is 416. The van der Waals surface area contributed by atoms with Crippen LogP contribution in [0.3, 0.4) is 0 Å². The number of hydrogen-bond donors (Lipinski definition) is 3. The molecule has 1 rings (SSSR count). The second-order valence-electron chi connectivity index (χ2n) is 5.57. The number of rotatable bonds is 7.